The van der Waals surface area contributed by atoms with Crippen LogP contribution in [0.1, 0.15) is 22.5 Å². The minimum atomic E-state index is -4.15. The lowest BCUT2D eigenvalue weighted by Crippen LogP contribution is -2.41. The quantitative estimate of drug-likeness (QED) is 0.482. The molecule has 0 aliphatic rings. The van der Waals surface area contributed by atoms with E-state index in [1.165, 1.54) is 11.3 Å². The number of hydrazine groups is 1. The minimum absolute atomic E-state index is 0.0703. The summed E-state index contributed by atoms with van der Waals surface area (Å²) < 4.78 is 52.3. The Kier molecular flexibility index (Phi) is 6.77. The highest BCUT2D eigenvalue weighted by atomic mass is 32.2. The van der Waals surface area contributed by atoms with Crippen molar-refractivity contribution in [3.05, 3.63) is 52.2 Å². The lowest BCUT2D eigenvalue weighted by Gasteiger charge is -2.08. The Balaban J connectivity index is 1.73. The summed E-state index contributed by atoms with van der Waals surface area (Å²) in [6.45, 7) is -0.133. The highest BCUT2D eigenvalue weighted by molar-refractivity contribution is 7.89. The number of benzene rings is 1. The number of nitrogens with one attached hydrogen (secondary N) is 3. The molecule has 0 atom stereocenters. The Morgan fingerprint density at radius 3 is 2.54 bits per heavy atom. The maximum atomic E-state index is 13.5. The average Bonchev–Trinajstić information content (AvgIpc) is 3.11. The van der Waals surface area contributed by atoms with E-state index in [-0.39, 0.29) is 19.4 Å². The van der Waals surface area contributed by atoms with Gasteiger partial charge in [-0.1, -0.05) is 6.07 Å². The first-order valence-electron chi connectivity index (χ1n) is 7.37. The SMILES string of the molecule is O=C(CCCNS(=O)(=O)c1ccc(F)cc1F)NNC(=O)c1cccs1. The molecule has 0 aliphatic heterocycles. The van der Waals surface area contributed by atoms with Gasteiger partial charge in [0.15, 0.2) is 0 Å². The van der Waals surface area contributed by atoms with E-state index in [1.807, 2.05) is 0 Å². The molecular weight excluding hydrogens is 388 g/mol. The Morgan fingerprint density at radius 1 is 1.12 bits per heavy atom. The van der Waals surface area contributed by atoms with E-state index < -0.39 is 38.4 Å². The molecule has 11 heteroatoms. The zero-order valence-corrected chi connectivity index (χ0v) is 14.9. The molecular formula is C15H15F2N3O4S2. The Labute approximate surface area is 152 Å². The summed E-state index contributed by atoms with van der Waals surface area (Å²) in [5, 5.41) is 1.72. The Morgan fingerprint density at radius 2 is 1.88 bits per heavy atom. The first kappa shape index (κ1) is 19.9. The summed E-state index contributed by atoms with van der Waals surface area (Å²) in [6.07, 6.45) is 0.0435. The number of hydrogen-bond acceptors (Lipinski definition) is 5. The van der Waals surface area contributed by atoms with Crippen molar-refractivity contribution in [3.8, 4) is 0 Å². The van der Waals surface area contributed by atoms with Gasteiger partial charge >= 0.3 is 0 Å². The molecule has 7 nitrogen and oxygen atoms in total. The molecule has 3 N–H and O–H groups in total. The van der Waals surface area contributed by atoms with Crippen molar-refractivity contribution >= 4 is 33.2 Å². The largest absolute Gasteiger partial charge is 0.279 e. The third-order valence-corrected chi connectivity index (χ3v) is 5.48. The number of sulfonamides is 1. The van der Waals surface area contributed by atoms with Crippen molar-refractivity contribution in [2.45, 2.75) is 17.7 Å². The molecule has 0 aliphatic carbocycles. The number of carbonyl (C=O) groups excluding carboxylic acids is 2. The lowest BCUT2D eigenvalue weighted by atomic mass is 10.3. The molecule has 0 unspecified atom stereocenters. The number of amides is 2. The Bertz CT molecular complexity index is 886. The Hall–Kier alpha value is -2.37. The second kappa shape index (κ2) is 8.83. The average molecular weight is 403 g/mol. The van der Waals surface area contributed by atoms with Crippen LogP contribution < -0.4 is 15.6 Å². The predicted molar refractivity (Wildman–Crippen MR) is 90.7 cm³/mol. The van der Waals surface area contributed by atoms with Crippen LogP contribution in [0.5, 0.6) is 0 Å². The summed E-state index contributed by atoms with van der Waals surface area (Å²) in [7, 11) is -4.15. The number of rotatable bonds is 7. The summed E-state index contributed by atoms with van der Waals surface area (Å²) in [5.74, 6) is -3.06. The highest BCUT2D eigenvalue weighted by Gasteiger charge is 2.19. The number of hydrogen-bond donors (Lipinski definition) is 3. The van der Waals surface area contributed by atoms with Crippen molar-refractivity contribution in [3.63, 3.8) is 0 Å². The van der Waals surface area contributed by atoms with E-state index in [9.17, 15) is 26.8 Å². The lowest BCUT2D eigenvalue weighted by molar-refractivity contribution is -0.121. The third kappa shape index (κ3) is 5.58. The van der Waals surface area contributed by atoms with Crippen LogP contribution in [0, 0.1) is 11.6 Å². The fraction of sp³-hybridized carbons (Fsp3) is 0.200. The molecule has 1 heterocycles. The summed E-state index contributed by atoms with van der Waals surface area (Å²) in [5.41, 5.74) is 4.43. The molecule has 140 valence electrons. The van der Waals surface area contributed by atoms with Gasteiger partial charge in [-0.15, -0.1) is 11.3 Å². The summed E-state index contributed by atoms with van der Waals surface area (Å²) in [6, 6.07) is 5.41. The van der Waals surface area contributed by atoms with E-state index in [2.05, 4.69) is 15.6 Å². The second-order valence-electron chi connectivity index (χ2n) is 5.06. The molecule has 2 rings (SSSR count). The van der Waals surface area contributed by atoms with E-state index >= 15 is 0 Å². The monoisotopic (exact) mass is 403 g/mol. The smallest absolute Gasteiger partial charge is 0.273 e. The van der Waals surface area contributed by atoms with Gasteiger partial charge in [0.2, 0.25) is 15.9 Å². The highest BCUT2D eigenvalue weighted by Crippen LogP contribution is 2.15. The van der Waals surface area contributed by atoms with Crippen molar-refractivity contribution in [1.82, 2.24) is 15.6 Å². The molecule has 0 bridgehead atoms. The van der Waals surface area contributed by atoms with E-state index in [1.54, 1.807) is 17.5 Å². The normalized spacial score (nSPS) is 11.2. The van der Waals surface area contributed by atoms with Gasteiger partial charge in [0.05, 0.1) is 4.88 Å². The minimum Gasteiger partial charge on any atom is -0.273 e. The zero-order chi connectivity index (χ0) is 19.2. The number of carbonyl (C=O) groups is 2. The third-order valence-electron chi connectivity index (χ3n) is 3.12. The van der Waals surface area contributed by atoms with Crippen molar-refractivity contribution in [2.24, 2.45) is 0 Å². The van der Waals surface area contributed by atoms with Crippen LogP contribution in [0.2, 0.25) is 0 Å². The van der Waals surface area contributed by atoms with Crippen LogP contribution in [0.3, 0.4) is 0 Å². The number of halogens is 2. The van der Waals surface area contributed by atoms with Gasteiger partial charge in [-0.3, -0.25) is 20.4 Å². The first-order valence-corrected chi connectivity index (χ1v) is 9.73. The molecule has 0 saturated carbocycles. The van der Waals surface area contributed by atoms with Crippen LogP contribution >= 0.6 is 11.3 Å². The van der Waals surface area contributed by atoms with Gasteiger partial charge in [-0.2, -0.15) is 0 Å². The molecule has 1 aromatic carbocycles. The molecule has 0 fully saturated rings. The first-order chi connectivity index (χ1) is 12.3. The number of thiophene rings is 1. The molecule has 2 amide bonds. The summed E-state index contributed by atoms with van der Waals surface area (Å²) >= 11 is 1.21. The summed E-state index contributed by atoms with van der Waals surface area (Å²) in [4.78, 5) is 23.0. The van der Waals surface area contributed by atoms with Gasteiger partial charge in [0.25, 0.3) is 5.91 Å². The second-order valence-corrected chi connectivity index (χ2v) is 7.74. The van der Waals surface area contributed by atoms with Gasteiger partial charge < -0.3 is 0 Å². The van der Waals surface area contributed by atoms with Crippen LogP contribution in [0.15, 0.2) is 40.6 Å². The molecule has 0 radical (unpaired) electrons. The fourth-order valence-electron chi connectivity index (χ4n) is 1.88. The predicted octanol–water partition coefficient (Wildman–Crippen LogP) is 1.55. The zero-order valence-electron chi connectivity index (χ0n) is 13.3. The molecule has 0 saturated heterocycles. The molecule has 2 aromatic rings. The van der Waals surface area contributed by atoms with Crippen LogP contribution in [0.25, 0.3) is 0 Å². The van der Waals surface area contributed by atoms with E-state index in [4.69, 9.17) is 0 Å². The van der Waals surface area contributed by atoms with Gasteiger partial charge in [0, 0.05) is 19.0 Å². The van der Waals surface area contributed by atoms with Crippen LogP contribution in [0.4, 0.5) is 8.78 Å². The van der Waals surface area contributed by atoms with Crippen molar-refractivity contribution in [2.75, 3.05) is 6.54 Å². The standard InChI is InChI=1S/C15H15F2N3O4S2/c16-10-5-6-13(11(17)9-10)26(23,24)18-7-1-4-14(21)19-20-15(22)12-3-2-8-25-12/h2-3,5-6,8-9,18H,1,4,7H2,(H,19,21)(H,20,22). The van der Waals surface area contributed by atoms with Gasteiger partial charge in [0.1, 0.15) is 16.5 Å². The van der Waals surface area contributed by atoms with Crippen molar-refractivity contribution in [1.29, 1.82) is 0 Å². The maximum absolute atomic E-state index is 13.5. The molecule has 26 heavy (non-hydrogen) atoms. The fourth-order valence-corrected chi connectivity index (χ4v) is 3.64. The van der Waals surface area contributed by atoms with Crippen molar-refractivity contribution < 1.29 is 26.8 Å². The topological polar surface area (TPSA) is 104 Å². The molecule has 0 spiro atoms. The van der Waals surface area contributed by atoms with E-state index in [0.717, 1.165) is 12.1 Å². The molecule has 1 aromatic heterocycles. The maximum Gasteiger partial charge on any atom is 0.279 e. The van der Waals surface area contributed by atoms with Gasteiger partial charge in [-0.05, 0) is 30.0 Å². The van der Waals surface area contributed by atoms with Gasteiger partial charge in [-0.25, -0.2) is 21.9 Å². The van der Waals surface area contributed by atoms with Crippen LogP contribution in [-0.4, -0.2) is 26.8 Å². The van der Waals surface area contributed by atoms with E-state index in [0.29, 0.717) is 10.9 Å². The van der Waals surface area contributed by atoms with Crippen LogP contribution in [-0.2, 0) is 14.8 Å².